The number of hydrogen-bond acceptors (Lipinski definition) is 6. The Balaban J connectivity index is 1.50. The zero-order valence-corrected chi connectivity index (χ0v) is 18.7. The van der Waals surface area contributed by atoms with Gasteiger partial charge in [-0.1, -0.05) is 37.3 Å². The van der Waals surface area contributed by atoms with Gasteiger partial charge in [-0.3, -0.25) is 5.43 Å². The van der Waals surface area contributed by atoms with Crippen molar-refractivity contribution < 1.29 is 12.8 Å². The summed E-state index contributed by atoms with van der Waals surface area (Å²) in [7, 11) is -3.53. The third-order valence-electron chi connectivity index (χ3n) is 5.16. The third kappa shape index (κ3) is 5.00. The van der Waals surface area contributed by atoms with E-state index in [0.29, 0.717) is 41.0 Å². The summed E-state index contributed by atoms with van der Waals surface area (Å²) in [6.45, 7) is 3.19. The largest absolute Gasteiger partial charge is 0.253 e. The molecule has 2 heterocycles. The minimum atomic E-state index is -3.53. The molecule has 0 radical (unpaired) electrons. The number of anilines is 1. The summed E-state index contributed by atoms with van der Waals surface area (Å²) in [6, 6.07) is 13.2. The molecule has 1 N–H and O–H groups in total. The molecule has 6 nitrogen and oxygen atoms in total. The highest BCUT2D eigenvalue weighted by Crippen LogP contribution is 2.29. The maximum absolute atomic E-state index is 13.6. The zero-order chi connectivity index (χ0) is 21.8. The molecule has 9 heteroatoms. The van der Waals surface area contributed by atoms with Crippen LogP contribution in [0, 0.1) is 11.7 Å². The standard InChI is InChI=1S/C22H23FN4O2S2/c1-16-6-5-11-27(14-16)31(28,29)19-9-4-8-17(12-19)21-15-30-22(25-21)26-24-13-18-7-2-3-10-20(18)23/h2-4,7-10,12-13,15-16H,5-6,11,14H2,1H3,(H,25,26). The normalized spacial score (nSPS) is 17.8. The van der Waals surface area contributed by atoms with Gasteiger partial charge in [0.1, 0.15) is 5.82 Å². The lowest BCUT2D eigenvalue weighted by Crippen LogP contribution is -2.39. The summed E-state index contributed by atoms with van der Waals surface area (Å²) >= 11 is 1.34. The van der Waals surface area contributed by atoms with E-state index < -0.39 is 10.0 Å². The number of halogens is 1. The monoisotopic (exact) mass is 458 g/mol. The predicted octanol–water partition coefficient (Wildman–Crippen LogP) is 4.82. The number of aromatic nitrogens is 1. The molecular weight excluding hydrogens is 435 g/mol. The molecule has 1 aromatic heterocycles. The van der Waals surface area contributed by atoms with Crippen LogP contribution in [-0.2, 0) is 10.0 Å². The van der Waals surface area contributed by atoms with Crippen molar-refractivity contribution in [3.05, 3.63) is 65.3 Å². The Morgan fingerprint density at radius 3 is 2.90 bits per heavy atom. The Bertz CT molecular complexity index is 1190. The second kappa shape index (κ2) is 9.25. The van der Waals surface area contributed by atoms with Crippen LogP contribution >= 0.6 is 11.3 Å². The summed E-state index contributed by atoms with van der Waals surface area (Å²) in [5.41, 5.74) is 4.53. The van der Waals surface area contributed by atoms with Crippen LogP contribution in [0.1, 0.15) is 25.3 Å². The fraction of sp³-hybridized carbons (Fsp3) is 0.273. The number of rotatable bonds is 6. The van der Waals surface area contributed by atoms with Gasteiger partial charge in [-0.2, -0.15) is 9.41 Å². The zero-order valence-electron chi connectivity index (χ0n) is 17.0. The minimum Gasteiger partial charge on any atom is -0.253 e. The molecule has 2 aromatic carbocycles. The minimum absolute atomic E-state index is 0.277. The highest BCUT2D eigenvalue weighted by Gasteiger charge is 2.28. The van der Waals surface area contributed by atoms with Crippen LogP contribution < -0.4 is 5.43 Å². The summed E-state index contributed by atoms with van der Waals surface area (Å²) in [5, 5.41) is 6.39. The van der Waals surface area contributed by atoms with Crippen molar-refractivity contribution in [2.24, 2.45) is 11.0 Å². The molecule has 31 heavy (non-hydrogen) atoms. The van der Waals surface area contributed by atoms with Gasteiger partial charge in [0, 0.05) is 29.6 Å². The molecule has 3 aromatic rings. The fourth-order valence-electron chi connectivity index (χ4n) is 3.52. The van der Waals surface area contributed by atoms with E-state index in [1.54, 1.807) is 40.7 Å². The third-order valence-corrected chi connectivity index (χ3v) is 7.77. The number of thiazole rings is 1. The van der Waals surface area contributed by atoms with Crippen molar-refractivity contribution in [3.63, 3.8) is 0 Å². The lowest BCUT2D eigenvalue weighted by atomic mass is 10.0. The fourth-order valence-corrected chi connectivity index (χ4v) is 5.84. The number of sulfonamides is 1. The smallest absolute Gasteiger partial charge is 0.243 e. The molecule has 0 saturated carbocycles. The topological polar surface area (TPSA) is 74.7 Å². The molecule has 4 rings (SSSR count). The van der Waals surface area contributed by atoms with Crippen LogP contribution in [0.15, 0.2) is 63.9 Å². The van der Waals surface area contributed by atoms with E-state index in [1.165, 1.54) is 23.6 Å². The van der Waals surface area contributed by atoms with Crippen molar-refractivity contribution in [1.29, 1.82) is 0 Å². The molecular formula is C22H23FN4O2S2. The molecule has 1 fully saturated rings. The summed E-state index contributed by atoms with van der Waals surface area (Å²) < 4.78 is 41.4. The van der Waals surface area contributed by atoms with Gasteiger partial charge in [-0.25, -0.2) is 17.8 Å². The summed E-state index contributed by atoms with van der Waals surface area (Å²) in [4.78, 5) is 4.75. The number of piperidine rings is 1. The summed E-state index contributed by atoms with van der Waals surface area (Å²) in [5.74, 6) is 0.0118. The Morgan fingerprint density at radius 1 is 1.26 bits per heavy atom. The van der Waals surface area contributed by atoms with Crippen LogP contribution in [0.2, 0.25) is 0 Å². The first-order valence-corrected chi connectivity index (χ1v) is 12.3. The predicted molar refractivity (Wildman–Crippen MR) is 122 cm³/mol. The number of hydrazone groups is 1. The molecule has 0 amide bonds. The molecule has 1 unspecified atom stereocenters. The molecule has 0 spiro atoms. The van der Waals surface area contributed by atoms with Crippen LogP contribution in [-0.4, -0.2) is 37.0 Å². The SMILES string of the molecule is CC1CCCN(S(=O)(=O)c2cccc(-c3csc(NN=Cc4ccccc4F)n3)c2)C1. The van der Waals surface area contributed by atoms with E-state index in [2.05, 4.69) is 22.4 Å². The average molecular weight is 459 g/mol. The Morgan fingerprint density at radius 2 is 2.10 bits per heavy atom. The molecule has 1 saturated heterocycles. The van der Waals surface area contributed by atoms with E-state index in [1.807, 2.05) is 11.4 Å². The van der Waals surface area contributed by atoms with E-state index in [4.69, 9.17) is 0 Å². The van der Waals surface area contributed by atoms with Gasteiger partial charge in [0.05, 0.1) is 16.8 Å². The average Bonchev–Trinajstić information content (AvgIpc) is 3.24. The first-order chi connectivity index (χ1) is 14.9. The van der Waals surface area contributed by atoms with Crippen molar-refractivity contribution >= 4 is 32.7 Å². The Labute approximate surface area is 185 Å². The van der Waals surface area contributed by atoms with Crippen LogP contribution in [0.3, 0.4) is 0 Å². The van der Waals surface area contributed by atoms with Gasteiger partial charge in [0.2, 0.25) is 15.2 Å². The quantitative estimate of drug-likeness (QED) is 0.425. The maximum Gasteiger partial charge on any atom is 0.243 e. The van der Waals surface area contributed by atoms with Gasteiger partial charge < -0.3 is 0 Å². The summed E-state index contributed by atoms with van der Waals surface area (Å²) in [6.07, 6.45) is 3.33. The maximum atomic E-state index is 13.6. The molecule has 0 aliphatic carbocycles. The van der Waals surface area contributed by atoms with Crippen LogP contribution in [0.5, 0.6) is 0 Å². The highest BCUT2D eigenvalue weighted by molar-refractivity contribution is 7.89. The lowest BCUT2D eigenvalue weighted by Gasteiger charge is -2.30. The number of nitrogens with one attached hydrogen (secondary N) is 1. The van der Waals surface area contributed by atoms with Crippen molar-refractivity contribution in [1.82, 2.24) is 9.29 Å². The molecule has 1 aliphatic rings. The lowest BCUT2D eigenvalue weighted by molar-refractivity contribution is 0.281. The Hall–Kier alpha value is -2.62. The second-order valence-electron chi connectivity index (χ2n) is 7.57. The molecule has 1 atom stereocenters. The van der Waals surface area contributed by atoms with Gasteiger partial charge >= 0.3 is 0 Å². The van der Waals surface area contributed by atoms with Crippen molar-refractivity contribution in [2.45, 2.75) is 24.7 Å². The number of nitrogens with zero attached hydrogens (tertiary/aromatic N) is 3. The molecule has 1 aliphatic heterocycles. The molecule has 162 valence electrons. The van der Waals surface area contributed by atoms with E-state index in [9.17, 15) is 12.8 Å². The van der Waals surface area contributed by atoms with Crippen LogP contribution in [0.4, 0.5) is 9.52 Å². The van der Waals surface area contributed by atoms with Gasteiger partial charge in [-0.05, 0) is 37.0 Å². The van der Waals surface area contributed by atoms with Crippen molar-refractivity contribution in [2.75, 3.05) is 18.5 Å². The second-order valence-corrected chi connectivity index (χ2v) is 10.4. The first kappa shape index (κ1) is 21.6. The number of hydrogen-bond donors (Lipinski definition) is 1. The first-order valence-electron chi connectivity index (χ1n) is 10.0. The van der Waals surface area contributed by atoms with Gasteiger partial charge in [0.25, 0.3) is 0 Å². The Kier molecular flexibility index (Phi) is 6.45. The van der Waals surface area contributed by atoms with Gasteiger partial charge in [0.15, 0.2) is 0 Å². The van der Waals surface area contributed by atoms with Crippen LogP contribution in [0.25, 0.3) is 11.3 Å². The number of benzene rings is 2. The van der Waals surface area contributed by atoms with E-state index in [0.717, 1.165) is 12.8 Å². The van der Waals surface area contributed by atoms with Crippen molar-refractivity contribution in [3.8, 4) is 11.3 Å². The highest BCUT2D eigenvalue weighted by atomic mass is 32.2. The van der Waals surface area contributed by atoms with E-state index >= 15 is 0 Å². The molecule has 0 bridgehead atoms. The van der Waals surface area contributed by atoms with E-state index in [-0.39, 0.29) is 10.7 Å². The van der Waals surface area contributed by atoms with Gasteiger partial charge in [-0.15, -0.1) is 11.3 Å².